The van der Waals surface area contributed by atoms with Crippen molar-refractivity contribution in [1.82, 2.24) is 4.57 Å². The third-order valence-electron chi connectivity index (χ3n) is 3.74. The number of fused-ring (bicyclic) bond motifs is 1. The van der Waals surface area contributed by atoms with Gasteiger partial charge in [0.1, 0.15) is 17.9 Å². The van der Waals surface area contributed by atoms with Crippen LogP contribution in [0.1, 0.15) is 10.4 Å². The van der Waals surface area contributed by atoms with E-state index < -0.39 is 40.7 Å². The second kappa shape index (κ2) is 7.64. The van der Waals surface area contributed by atoms with Gasteiger partial charge in [-0.25, -0.2) is 8.78 Å². The van der Waals surface area contributed by atoms with E-state index in [1.807, 2.05) is 0 Å². The average molecular weight is 407 g/mol. The molecule has 0 aliphatic carbocycles. The van der Waals surface area contributed by atoms with Crippen LogP contribution in [0.5, 0.6) is 0 Å². The van der Waals surface area contributed by atoms with Crippen molar-refractivity contribution < 1.29 is 28.0 Å². The van der Waals surface area contributed by atoms with Crippen LogP contribution in [0.25, 0.3) is 10.2 Å². The smallest absolute Gasteiger partial charge is 0.325 e. The SMILES string of the molecule is COC(=O)Cn1c(=NC(=O)c2ccccc2[N+](=O)[O-])sc2cc(F)cc(F)c21. The highest BCUT2D eigenvalue weighted by molar-refractivity contribution is 7.16. The van der Waals surface area contributed by atoms with Crippen molar-refractivity contribution in [3.05, 3.63) is 68.5 Å². The predicted octanol–water partition coefficient (Wildman–Crippen LogP) is 2.80. The molecule has 0 spiro atoms. The Bertz CT molecular complexity index is 1190. The van der Waals surface area contributed by atoms with Crippen molar-refractivity contribution in [2.45, 2.75) is 6.54 Å². The fraction of sp³-hybridized carbons (Fsp3) is 0.118. The van der Waals surface area contributed by atoms with Gasteiger partial charge in [-0.3, -0.25) is 19.7 Å². The fourth-order valence-corrected chi connectivity index (χ4v) is 3.58. The summed E-state index contributed by atoms with van der Waals surface area (Å²) < 4.78 is 33.5. The molecule has 144 valence electrons. The maximum Gasteiger partial charge on any atom is 0.325 e. The summed E-state index contributed by atoms with van der Waals surface area (Å²) in [5.41, 5.74) is -0.860. The lowest BCUT2D eigenvalue weighted by atomic mass is 10.2. The van der Waals surface area contributed by atoms with E-state index in [1.54, 1.807) is 0 Å². The monoisotopic (exact) mass is 407 g/mol. The first-order valence-corrected chi connectivity index (χ1v) is 8.51. The van der Waals surface area contributed by atoms with Gasteiger partial charge in [0.2, 0.25) is 0 Å². The summed E-state index contributed by atoms with van der Waals surface area (Å²) in [7, 11) is 1.13. The zero-order chi connectivity index (χ0) is 20.4. The van der Waals surface area contributed by atoms with Crippen LogP contribution < -0.4 is 4.80 Å². The van der Waals surface area contributed by atoms with Crippen LogP contribution in [0.3, 0.4) is 0 Å². The average Bonchev–Trinajstić information content (AvgIpc) is 2.98. The van der Waals surface area contributed by atoms with Crippen molar-refractivity contribution in [3.8, 4) is 0 Å². The molecule has 0 aliphatic heterocycles. The Labute approximate surface area is 159 Å². The minimum atomic E-state index is -0.960. The molecule has 0 radical (unpaired) electrons. The number of halogens is 2. The van der Waals surface area contributed by atoms with Crippen molar-refractivity contribution in [1.29, 1.82) is 0 Å². The molecular weight excluding hydrogens is 396 g/mol. The van der Waals surface area contributed by atoms with Crippen LogP contribution in [-0.4, -0.2) is 28.5 Å². The normalized spacial score (nSPS) is 11.6. The van der Waals surface area contributed by atoms with Crippen LogP contribution >= 0.6 is 11.3 Å². The van der Waals surface area contributed by atoms with E-state index in [4.69, 9.17) is 0 Å². The third kappa shape index (κ3) is 3.64. The van der Waals surface area contributed by atoms with E-state index in [0.717, 1.165) is 35.1 Å². The summed E-state index contributed by atoms with van der Waals surface area (Å²) in [6.07, 6.45) is 0. The van der Waals surface area contributed by atoms with Gasteiger partial charge in [-0.1, -0.05) is 23.5 Å². The number of aromatic nitrogens is 1. The zero-order valence-electron chi connectivity index (χ0n) is 14.2. The molecule has 8 nitrogen and oxygen atoms in total. The largest absolute Gasteiger partial charge is 0.468 e. The highest BCUT2D eigenvalue weighted by Crippen LogP contribution is 2.23. The summed E-state index contributed by atoms with van der Waals surface area (Å²) >= 11 is 0.760. The number of amides is 1. The van der Waals surface area contributed by atoms with Gasteiger partial charge in [-0.2, -0.15) is 4.99 Å². The Morgan fingerprint density at radius 2 is 2.00 bits per heavy atom. The Morgan fingerprint density at radius 3 is 2.68 bits per heavy atom. The van der Waals surface area contributed by atoms with Gasteiger partial charge in [0.25, 0.3) is 11.6 Å². The lowest BCUT2D eigenvalue weighted by molar-refractivity contribution is -0.385. The molecule has 2 aromatic carbocycles. The second-order valence-electron chi connectivity index (χ2n) is 5.47. The first kappa shape index (κ1) is 19.3. The number of ether oxygens (including phenoxy) is 1. The summed E-state index contributed by atoms with van der Waals surface area (Å²) in [5.74, 6) is -3.50. The summed E-state index contributed by atoms with van der Waals surface area (Å²) in [4.78, 5) is 38.3. The van der Waals surface area contributed by atoms with Crippen molar-refractivity contribution in [2.75, 3.05) is 7.11 Å². The fourth-order valence-electron chi connectivity index (χ4n) is 2.52. The number of nitro groups is 1. The molecule has 3 rings (SSSR count). The number of para-hydroxylation sites is 1. The highest BCUT2D eigenvalue weighted by Gasteiger charge is 2.21. The van der Waals surface area contributed by atoms with Crippen LogP contribution in [0.15, 0.2) is 41.4 Å². The number of rotatable bonds is 4. The minimum Gasteiger partial charge on any atom is -0.468 e. The van der Waals surface area contributed by atoms with Crippen LogP contribution in [0.4, 0.5) is 14.5 Å². The quantitative estimate of drug-likeness (QED) is 0.376. The molecule has 1 amide bonds. The number of benzene rings is 2. The molecule has 0 bridgehead atoms. The molecule has 0 unspecified atom stereocenters. The lowest BCUT2D eigenvalue weighted by Gasteiger charge is -2.04. The molecule has 3 aromatic rings. The minimum absolute atomic E-state index is 0.107. The van der Waals surface area contributed by atoms with Crippen molar-refractivity contribution in [2.24, 2.45) is 4.99 Å². The van der Waals surface area contributed by atoms with E-state index in [-0.39, 0.29) is 20.6 Å². The molecular formula is C17H11F2N3O5S. The molecule has 0 saturated heterocycles. The molecule has 0 saturated carbocycles. The molecule has 11 heteroatoms. The summed E-state index contributed by atoms with van der Waals surface area (Å²) in [6.45, 7) is -0.484. The van der Waals surface area contributed by atoms with E-state index in [9.17, 15) is 28.5 Å². The molecule has 1 heterocycles. The molecule has 0 fully saturated rings. The maximum atomic E-state index is 14.3. The van der Waals surface area contributed by atoms with Gasteiger partial charge < -0.3 is 9.30 Å². The molecule has 0 N–H and O–H groups in total. The third-order valence-corrected chi connectivity index (χ3v) is 4.76. The van der Waals surface area contributed by atoms with E-state index in [1.165, 1.54) is 18.2 Å². The Morgan fingerprint density at radius 1 is 1.29 bits per heavy atom. The molecule has 0 atom stereocenters. The first-order chi connectivity index (χ1) is 13.3. The van der Waals surface area contributed by atoms with Gasteiger partial charge in [-0.15, -0.1) is 0 Å². The van der Waals surface area contributed by atoms with Gasteiger partial charge >= 0.3 is 5.97 Å². The van der Waals surface area contributed by atoms with Crippen molar-refractivity contribution in [3.63, 3.8) is 0 Å². The highest BCUT2D eigenvalue weighted by atomic mass is 32.1. The number of hydrogen-bond acceptors (Lipinski definition) is 6. The number of carbonyl (C=O) groups is 2. The maximum absolute atomic E-state index is 14.3. The topological polar surface area (TPSA) is 104 Å². The van der Waals surface area contributed by atoms with E-state index in [2.05, 4.69) is 9.73 Å². The van der Waals surface area contributed by atoms with Crippen LogP contribution in [-0.2, 0) is 16.1 Å². The number of hydrogen-bond donors (Lipinski definition) is 0. The lowest BCUT2D eigenvalue weighted by Crippen LogP contribution is -2.23. The first-order valence-electron chi connectivity index (χ1n) is 7.69. The van der Waals surface area contributed by atoms with Gasteiger partial charge in [0, 0.05) is 12.1 Å². The summed E-state index contributed by atoms with van der Waals surface area (Å²) in [5, 5.41) is 11.1. The van der Waals surface area contributed by atoms with Crippen LogP contribution in [0, 0.1) is 21.7 Å². The van der Waals surface area contributed by atoms with E-state index in [0.29, 0.717) is 6.07 Å². The molecule has 0 aliphatic rings. The van der Waals surface area contributed by atoms with Gasteiger partial charge in [-0.05, 0) is 12.1 Å². The Kier molecular flexibility index (Phi) is 5.27. The molecule has 28 heavy (non-hydrogen) atoms. The second-order valence-corrected chi connectivity index (χ2v) is 6.48. The Balaban J connectivity index is 2.23. The zero-order valence-corrected chi connectivity index (χ0v) is 15.0. The van der Waals surface area contributed by atoms with Gasteiger partial charge in [0.05, 0.1) is 22.2 Å². The van der Waals surface area contributed by atoms with Crippen LogP contribution in [0.2, 0.25) is 0 Å². The molecule has 1 aromatic heterocycles. The number of nitro benzene ring substituents is 1. The Hall–Kier alpha value is -3.47. The van der Waals surface area contributed by atoms with Crippen molar-refractivity contribution >= 4 is 39.1 Å². The summed E-state index contributed by atoms with van der Waals surface area (Å²) in [6, 6.07) is 6.86. The number of thiazole rings is 1. The number of carbonyl (C=O) groups excluding carboxylic acids is 2. The predicted molar refractivity (Wildman–Crippen MR) is 94.7 cm³/mol. The number of nitrogens with zero attached hydrogens (tertiary/aromatic N) is 3. The van der Waals surface area contributed by atoms with Gasteiger partial charge in [0.15, 0.2) is 10.6 Å². The standard InChI is InChI=1S/C17H11F2N3O5S/c1-27-14(23)8-21-15-11(19)6-9(18)7-13(15)28-17(21)20-16(24)10-4-2-3-5-12(10)22(25)26/h2-7H,8H2,1H3. The number of methoxy groups -OCH3 is 1. The number of esters is 1. The van der Waals surface area contributed by atoms with E-state index >= 15 is 0 Å².